The molecular weight excluding hydrogens is 248 g/mol. The summed E-state index contributed by atoms with van der Waals surface area (Å²) in [5.74, 6) is 1.10. The molecular formula is C11H18N6S. The summed E-state index contributed by atoms with van der Waals surface area (Å²) < 4.78 is 2.04. The first-order valence-electron chi connectivity index (χ1n) is 6.07. The fourth-order valence-electron chi connectivity index (χ4n) is 1.78. The summed E-state index contributed by atoms with van der Waals surface area (Å²) in [5.41, 5.74) is 6.50. The summed E-state index contributed by atoms with van der Waals surface area (Å²) in [5, 5.41) is 11.8. The number of nitrogens with one attached hydrogen (secondary N) is 1. The van der Waals surface area contributed by atoms with Crippen molar-refractivity contribution >= 4 is 17.7 Å². The maximum Gasteiger partial charge on any atom is 0.216 e. The van der Waals surface area contributed by atoms with E-state index in [1.807, 2.05) is 16.9 Å². The molecule has 2 aromatic rings. The third-order valence-corrected chi connectivity index (χ3v) is 3.69. The number of aromatic nitrogens is 5. The lowest BCUT2D eigenvalue weighted by atomic mass is 10.2. The fourth-order valence-corrected chi connectivity index (χ4v) is 2.49. The first-order chi connectivity index (χ1) is 8.72. The Bertz CT molecular complexity index is 487. The molecule has 0 aliphatic carbocycles. The molecule has 0 fully saturated rings. The van der Waals surface area contributed by atoms with Crippen molar-refractivity contribution in [3.8, 4) is 0 Å². The number of nitrogen functional groups attached to an aromatic ring is 1. The Morgan fingerprint density at radius 1 is 1.44 bits per heavy atom. The zero-order valence-corrected chi connectivity index (χ0v) is 11.4. The molecule has 0 amide bonds. The van der Waals surface area contributed by atoms with Gasteiger partial charge < -0.3 is 5.73 Å². The van der Waals surface area contributed by atoms with Gasteiger partial charge in [-0.2, -0.15) is 10.1 Å². The van der Waals surface area contributed by atoms with Crippen LogP contribution in [0.3, 0.4) is 0 Å². The molecule has 0 aromatic carbocycles. The molecule has 6 nitrogen and oxygen atoms in total. The highest BCUT2D eigenvalue weighted by Gasteiger charge is 2.09. The second-order valence-electron chi connectivity index (χ2n) is 4.05. The second kappa shape index (κ2) is 5.90. The van der Waals surface area contributed by atoms with Crippen LogP contribution in [0.5, 0.6) is 0 Å². The zero-order chi connectivity index (χ0) is 13.0. The summed E-state index contributed by atoms with van der Waals surface area (Å²) >= 11 is 1.53. The smallest absolute Gasteiger partial charge is 0.216 e. The number of nitrogens with two attached hydrogens (primary N) is 1. The van der Waals surface area contributed by atoms with Crippen LogP contribution in [-0.4, -0.2) is 25.0 Å². The Kier molecular flexibility index (Phi) is 4.24. The van der Waals surface area contributed by atoms with Gasteiger partial charge in [-0.15, -0.1) is 5.10 Å². The summed E-state index contributed by atoms with van der Waals surface area (Å²) in [6, 6.07) is 2.53. The first-order valence-corrected chi connectivity index (χ1v) is 7.06. The first kappa shape index (κ1) is 12.9. The molecule has 0 atom stereocenters. The fraction of sp³-hybridized carbons (Fsp3) is 0.545. The standard InChI is InChI=1S/C11H18N6S/c1-3-9(4-2)17-6-5-8(16-17)7-18-11-13-10(12)14-15-11/h5-6,9H,3-4,7H2,1-2H3,(H3,12,13,14,15). The average Bonchev–Trinajstić information content (AvgIpc) is 2.98. The van der Waals surface area contributed by atoms with E-state index in [-0.39, 0.29) is 0 Å². The maximum atomic E-state index is 5.47. The second-order valence-corrected chi connectivity index (χ2v) is 4.99. The summed E-state index contributed by atoms with van der Waals surface area (Å²) in [7, 11) is 0. The van der Waals surface area contributed by atoms with Crippen LogP contribution in [0.1, 0.15) is 38.4 Å². The quantitative estimate of drug-likeness (QED) is 0.783. The molecule has 0 saturated heterocycles. The summed E-state index contributed by atoms with van der Waals surface area (Å²) in [4.78, 5) is 4.04. The Hall–Kier alpha value is -1.50. The van der Waals surface area contributed by atoms with Crippen molar-refractivity contribution in [1.82, 2.24) is 25.0 Å². The average molecular weight is 266 g/mol. The number of nitrogens with zero attached hydrogens (tertiary/aromatic N) is 4. The number of hydrogen-bond acceptors (Lipinski definition) is 5. The minimum absolute atomic E-state index is 0.347. The Morgan fingerprint density at radius 3 is 2.83 bits per heavy atom. The molecule has 18 heavy (non-hydrogen) atoms. The van der Waals surface area contributed by atoms with E-state index in [4.69, 9.17) is 5.73 Å². The van der Waals surface area contributed by atoms with Gasteiger partial charge in [0.1, 0.15) is 0 Å². The Balaban J connectivity index is 1.94. The van der Waals surface area contributed by atoms with Gasteiger partial charge in [0.2, 0.25) is 11.1 Å². The van der Waals surface area contributed by atoms with E-state index < -0.39 is 0 Å². The van der Waals surface area contributed by atoms with Crippen LogP contribution in [0.2, 0.25) is 0 Å². The van der Waals surface area contributed by atoms with E-state index in [1.165, 1.54) is 11.8 Å². The van der Waals surface area contributed by atoms with Gasteiger partial charge in [-0.25, -0.2) is 5.10 Å². The van der Waals surface area contributed by atoms with Gasteiger partial charge in [-0.1, -0.05) is 25.6 Å². The molecule has 2 heterocycles. The lowest BCUT2D eigenvalue weighted by molar-refractivity contribution is 0.426. The van der Waals surface area contributed by atoms with E-state index in [9.17, 15) is 0 Å². The van der Waals surface area contributed by atoms with Crippen molar-refractivity contribution < 1.29 is 0 Å². The number of thioether (sulfide) groups is 1. The van der Waals surface area contributed by atoms with Crippen molar-refractivity contribution in [3.63, 3.8) is 0 Å². The van der Waals surface area contributed by atoms with Crippen LogP contribution in [-0.2, 0) is 5.75 Å². The van der Waals surface area contributed by atoms with Gasteiger partial charge in [-0.05, 0) is 18.9 Å². The molecule has 0 aliphatic heterocycles. The van der Waals surface area contributed by atoms with Crippen LogP contribution in [0.4, 0.5) is 5.95 Å². The third kappa shape index (κ3) is 3.04. The normalized spacial score (nSPS) is 11.3. The highest BCUT2D eigenvalue weighted by Crippen LogP contribution is 2.20. The van der Waals surface area contributed by atoms with Gasteiger partial charge in [0, 0.05) is 11.9 Å². The van der Waals surface area contributed by atoms with Crippen molar-refractivity contribution in [3.05, 3.63) is 18.0 Å². The van der Waals surface area contributed by atoms with Crippen molar-refractivity contribution in [2.24, 2.45) is 0 Å². The van der Waals surface area contributed by atoms with Crippen LogP contribution >= 0.6 is 11.8 Å². The molecule has 2 aromatic heterocycles. The predicted octanol–water partition coefficient (Wildman–Crippen LogP) is 2.24. The van der Waals surface area contributed by atoms with Gasteiger partial charge >= 0.3 is 0 Å². The van der Waals surface area contributed by atoms with Gasteiger partial charge in [0.25, 0.3) is 0 Å². The van der Waals surface area contributed by atoms with E-state index in [2.05, 4.69) is 34.1 Å². The Morgan fingerprint density at radius 2 is 2.22 bits per heavy atom. The van der Waals surface area contributed by atoms with Gasteiger partial charge in [0.05, 0.1) is 11.7 Å². The molecule has 0 aliphatic rings. The molecule has 7 heteroatoms. The molecule has 3 N–H and O–H groups in total. The van der Waals surface area contributed by atoms with E-state index >= 15 is 0 Å². The minimum atomic E-state index is 0.347. The molecule has 0 radical (unpaired) electrons. The molecule has 0 bridgehead atoms. The van der Waals surface area contributed by atoms with Crippen LogP contribution in [0.15, 0.2) is 17.4 Å². The van der Waals surface area contributed by atoms with Crippen molar-refractivity contribution in [2.45, 2.75) is 43.6 Å². The van der Waals surface area contributed by atoms with Crippen LogP contribution < -0.4 is 5.73 Å². The highest BCUT2D eigenvalue weighted by atomic mass is 32.2. The maximum absolute atomic E-state index is 5.47. The molecule has 98 valence electrons. The number of H-pyrrole nitrogens is 1. The number of anilines is 1. The highest BCUT2D eigenvalue weighted by molar-refractivity contribution is 7.98. The van der Waals surface area contributed by atoms with Crippen LogP contribution in [0, 0.1) is 0 Å². The molecule has 0 unspecified atom stereocenters. The van der Waals surface area contributed by atoms with Crippen LogP contribution in [0.25, 0.3) is 0 Å². The molecule has 0 saturated carbocycles. The SMILES string of the molecule is CCC(CC)n1ccc(CSc2n[nH]c(N)n2)n1. The van der Waals surface area contributed by atoms with Crippen molar-refractivity contribution in [2.75, 3.05) is 5.73 Å². The van der Waals surface area contributed by atoms with E-state index in [1.54, 1.807) is 0 Å². The van der Waals surface area contributed by atoms with Crippen molar-refractivity contribution in [1.29, 1.82) is 0 Å². The third-order valence-electron chi connectivity index (χ3n) is 2.81. The lowest BCUT2D eigenvalue weighted by Gasteiger charge is -2.12. The van der Waals surface area contributed by atoms with E-state index in [0.29, 0.717) is 17.1 Å². The molecule has 0 spiro atoms. The number of aromatic amines is 1. The number of hydrogen-bond donors (Lipinski definition) is 2. The Labute approximate surface area is 110 Å². The minimum Gasteiger partial charge on any atom is -0.368 e. The summed E-state index contributed by atoms with van der Waals surface area (Å²) in [6.07, 6.45) is 4.24. The lowest BCUT2D eigenvalue weighted by Crippen LogP contribution is -2.07. The van der Waals surface area contributed by atoms with Gasteiger partial charge in [0.15, 0.2) is 0 Å². The summed E-state index contributed by atoms with van der Waals surface area (Å²) in [6.45, 7) is 4.36. The number of rotatable bonds is 6. The predicted molar refractivity (Wildman–Crippen MR) is 72.2 cm³/mol. The topological polar surface area (TPSA) is 85.4 Å². The zero-order valence-electron chi connectivity index (χ0n) is 10.6. The monoisotopic (exact) mass is 266 g/mol. The van der Waals surface area contributed by atoms with E-state index in [0.717, 1.165) is 24.3 Å². The largest absolute Gasteiger partial charge is 0.368 e. The van der Waals surface area contributed by atoms with Gasteiger partial charge in [-0.3, -0.25) is 4.68 Å². The molecule has 2 rings (SSSR count).